The summed E-state index contributed by atoms with van der Waals surface area (Å²) >= 11 is 0. The zero-order valence-corrected chi connectivity index (χ0v) is 25.9. The summed E-state index contributed by atoms with van der Waals surface area (Å²) in [5.41, 5.74) is 21.0. The van der Waals surface area contributed by atoms with Gasteiger partial charge in [-0.3, -0.25) is 0 Å². The second-order valence-electron chi connectivity index (χ2n) is 11.9. The molecule has 0 aliphatic heterocycles. The molecule has 0 aliphatic carbocycles. The monoisotopic (exact) mass is 562 g/mol. The Morgan fingerprint density at radius 3 is 1.26 bits per heavy atom. The predicted molar refractivity (Wildman–Crippen MR) is 182 cm³/mol. The Labute approximate surface area is 255 Å². The SMILES string of the molecule is CCCCCCCCCCCCCCCC[n+]1c(-c2ccc(N)cc2)cc(-c2ccccc2)cc1-c1ccc(N)cc1. The van der Waals surface area contributed by atoms with E-state index >= 15 is 0 Å². The largest absolute Gasteiger partial charge is 0.399 e. The summed E-state index contributed by atoms with van der Waals surface area (Å²) < 4.78 is 2.50. The van der Waals surface area contributed by atoms with Gasteiger partial charge in [-0.1, -0.05) is 114 Å². The van der Waals surface area contributed by atoms with Crippen molar-refractivity contribution in [2.45, 2.75) is 103 Å². The molecule has 0 atom stereocenters. The fraction of sp³-hybridized carbons (Fsp3) is 0.410. The van der Waals surface area contributed by atoms with Crippen LogP contribution in [0.25, 0.3) is 33.6 Å². The summed E-state index contributed by atoms with van der Waals surface area (Å²) in [6, 6.07) is 31.9. The van der Waals surface area contributed by atoms with E-state index in [4.69, 9.17) is 11.5 Å². The first-order valence-electron chi connectivity index (χ1n) is 16.5. The van der Waals surface area contributed by atoms with E-state index in [0.717, 1.165) is 24.3 Å². The van der Waals surface area contributed by atoms with Crippen molar-refractivity contribution in [1.82, 2.24) is 0 Å². The van der Waals surface area contributed by atoms with Gasteiger partial charge in [0.1, 0.15) is 6.54 Å². The first-order valence-corrected chi connectivity index (χ1v) is 16.5. The highest BCUT2D eigenvalue weighted by Gasteiger charge is 2.22. The molecule has 0 fully saturated rings. The van der Waals surface area contributed by atoms with Crippen LogP contribution in [0.1, 0.15) is 96.8 Å². The molecule has 0 bridgehead atoms. The number of aromatic nitrogens is 1. The van der Waals surface area contributed by atoms with Crippen LogP contribution in [0.3, 0.4) is 0 Å². The molecule has 0 radical (unpaired) electrons. The van der Waals surface area contributed by atoms with E-state index < -0.39 is 0 Å². The number of hydrogen-bond donors (Lipinski definition) is 2. The van der Waals surface area contributed by atoms with Gasteiger partial charge in [0.15, 0.2) is 0 Å². The van der Waals surface area contributed by atoms with E-state index in [-0.39, 0.29) is 0 Å². The summed E-state index contributed by atoms with van der Waals surface area (Å²) in [6.45, 7) is 3.27. The fourth-order valence-electron chi connectivity index (χ4n) is 5.91. The number of nitrogens with two attached hydrogens (primary N) is 2. The van der Waals surface area contributed by atoms with Gasteiger partial charge < -0.3 is 11.5 Å². The Kier molecular flexibility index (Phi) is 13.0. The molecule has 0 aliphatic rings. The molecule has 3 heteroatoms. The van der Waals surface area contributed by atoms with Crippen LogP contribution >= 0.6 is 0 Å². The number of pyridine rings is 1. The summed E-state index contributed by atoms with van der Waals surface area (Å²) in [5, 5.41) is 0. The molecule has 3 aromatic carbocycles. The molecule has 0 amide bonds. The second kappa shape index (κ2) is 17.4. The van der Waals surface area contributed by atoms with Crippen LogP contribution in [0.2, 0.25) is 0 Å². The van der Waals surface area contributed by atoms with Crippen molar-refractivity contribution in [1.29, 1.82) is 0 Å². The Morgan fingerprint density at radius 1 is 0.429 bits per heavy atom. The summed E-state index contributed by atoms with van der Waals surface area (Å²) in [7, 11) is 0. The molecular weight excluding hydrogens is 510 g/mol. The van der Waals surface area contributed by atoms with Gasteiger partial charge in [0.2, 0.25) is 11.4 Å². The zero-order chi connectivity index (χ0) is 29.4. The van der Waals surface area contributed by atoms with E-state index in [0.29, 0.717) is 0 Å². The molecule has 42 heavy (non-hydrogen) atoms. The van der Waals surface area contributed by atoms with Crippen LogP contribution in [0.5, 0.6) is 0 Å². The number of hydrogen-bond acceptors (Lipinski definition) is 2. The number of nitrogens with zero attached hydrogens (tertiary/aromatic N) is 1. The van der Waals surface area contributed by atoms with Crippen LogP contribution < -0.4 is 16.0 Å². The smallest absolute Gasteiger partial charge is 0.213 e. The molecular formula is C39H52N3+. The van der Waals surface area contributed by atoms with E-state index in [1.165, 1.54) is 117 Å². The normalized spacial score (nSPS) is 11.2. The van der Waals surface area contributed by atoms with Gasteiger partial charge in [-0.2, -0.15) is 4.57 Å². The highest BCUT2D eigenvalue weighted by molar-refractivity contribution is 5.74. The molecule has 1 heterocycles. The van der Waals surface area contributed by atoms with Crippen molar-refractivity contribution >= 4 is 11.4 Å². The number of nitrogen functional groups attached to an aromatic ring is 2. The average molecular weight is 563 g/mol. The second-order valence-corrected chi connectivity index (χ2v) is 11.9. The maximum absolute atomic E-state index is 6.07. The third kappa shape index (κ3) is 9.76. The van der Waals surface area contributed by atoms with Gasteiger partial charge in [-0.05, 0) is 66.1 Å². The summed E-state index contributed by atoms with van der Waals surface area (Å²) in [5.74, 6) is 0. The van der Waals surface area contributed by atoms with Crippen molar-refractivity contribution in [3.8, 4) is 33.6 Å². The van der Waals surface area contributed by atoms with Crippen LogP contribution in [0, 0.1) is 0 Å². The minimum absolute atomic E-state index is 0.787. The van der Waals surface area contributed by atoms with Crippen molar-refractivity contribution in [2.24, 2.45) is 0 Å². The number of unbranched alkanes of at least 4 members (excludes halogenated alkanes) is 13. The molecule has 3 nitrogen and oxygen atoms in total. The van der Waals surface area contributed by atoms with Gasteiger partial charge in [0.25, 0.3) is 0 Å². The Hall–Kier alpha value is -3.59. The highest BCUT2D eigenvalue weighted by Crippen LogP contribution is 2.30. The average Bonchev–Trinajstić information content (AvgIpc) is 3.02. The Balaban J connectivity index is 1.42. The van der Waals surface area contributed by atoms with Crippen LogP contribution in [0.15, 0.2) is 91.0 Å². The maximum Gasteiger partial charge on any atom is 0.213 e. The van der Waals surface area contributed by atoms with Crippen molar-refractivity contribution in [3.05, 3.63) is 91.0 Å². The van der Waals surface area contributed by atoms with Crippen molar-refractivity contribution < 1.29 is 4.57 Å². The molecule has 4 rings (SSSR count). The lowest BCUT2D eigenvalue weighted by molar-refractivity contribution is -0.675. The fourth-order valence-corrected chi connectivity index (χ4v) is 5.91. The van der Waals surface area contributed by atoms with Crippen molar-refractivity contribution in [2.75, 3.05) is 11.5 Å². The zero-order valence-electron chi connectivity index (χ0n) is 25.9. The quantitative estimate of drug-likeness (QED) is 0.0720. The number of rotatable bonds is 18. The molecule has 0 unspecified atom stereocenters. The first-order chi connectivity index (χ1) is 20.7. The van der Waals surface area contributed by atoms with E-state index in [1.54, 1.807) is 0 Å². The lowest BCUT2D eigenvalue weighted by atomic mass is 9.98. The highest BCUT2D eigenvalue weighted by atomic mass is 15.0. The Morgan fingerprint density at radius 2 is 0.833 bits per heavy atom. The standard InChI is InChI=1S/C39H51N3/c1-2-3-4-5-6-7-8-9-10-11-12-13-14-18-29-42-38(33-21-25-36(40)26-22-33)30-35(32-19-16-15-17-20-32)31-39(42)34-23-27-37(41)28-24-34/h15-17,19-28,30-31H,2-14,18,29H2,1H3,(H3,40,41)/p+1. The van der Waals surface area contributed by atoms with Gasteiger partial charge in [-0.15, -0.1) is 0 Å². The third-order valence-electron chi connectivity index (χ3n) is 8.42. The van der Waals surface area contributed by atoms with Gasteiger partial charge in [0.05, 0.1) is 0 Å². The molecule has 4 N–H and O–H groups in total. The lowest BCUT2D eigenvalue weighted by Gasteiger charge is -2.13. The summed E-state index contributed by atoms with van der Waals surface area (Å²) in [4.78, 5) is 0. The minimum atomic E-state index is 0.787. The van der Waals surface area contributed by atoms with Crippen molar-refractivity contribution in [3.63, 3.8) is 0 Å². The maximum atomic E-state index is 6.07. The minimum Gasteiger partial charge on any atom is -0.399 e. The molecule has 0 saturated carbocycles. The Bertz CT molecular complexity index is 1240. The predicted octanol–water partition coefficient (Wildman–Crippen LogP) is 10.6. The molecule has 0 saturated heterocycles. The van der Waals surface area contributed by atoms with Gasteiger partial charge in [0, 0.05) is 41.1 Å². The lowest BCUT2D eigenvalue weighted by Crippen LogP contribution is -2.39. The molecule has 4 aromatic rings. The number of benzene rings is 3. The first kappa shape index (κ1) is 31.3. The van der Waals surface area contributed by atoms with E-state index in [9.17, 15) is 0 Å². The van der Waals surface area contributed by atoms with E-state index in [2.05, 4.69) is 78.2 Å². The van der Waals surface area contributed by atoms with Gasteiger partial charge in [-0.25, -0.2) is 0 Å². The van der Waals surface area contributed by atoms with Crippen LogP contribution in [-0.2, 0) is 6.54 Å². The molecule has 1 aromatic heterocycles. The summed E-state index contributed by atoms with van der Waals surface area (Å²) in [6.07, 6.45) is 19.1. The van der Waals surface area contributed by atoms with Crippen LogP contribution in [0.4, 0.5) is 11.4 Å². The third-order valence-corrected chi connectivity index (χ3v) is 8.42. The molecule has 222 valence electrons. The van der Waals surface area contributed by atoms with Crippen LogP contribution in [-0.4, -0.2) is 0 Å². The number of anilines is 2. The molecule has 0 spiro atoms. The van der Waals surface area contributed by atoms with E-state index in [1.807, 2.05) is 24.3 Å². The van der Waals surface area contributed by atoms with Gasteiger partial charge >= 0.3 is 0 Å². The topological polar surface area (TPSA) is 55.9 Å².